The first-order valence-electron chi connectivity index (χ1n) is 14.2. The summed E-state index contributed by atoms with van der Waals surface area (Å²) < 4.78 is 26.5. The van der Waals surface area contributed by atoms with Crippen LogP contribution in [0, 0.1) is 12.7 Å². The van der Waals surface area contributed by atoms with E-state index < -0.39 is 29.6 Å². The van der Waals surface area contributed by atoms with Gasteiger partial charge in [0.2, 0.25) is 5.91 Å². The average Bonchev–Trinajstić information content (AvgIpc) is 3.55. The number of carbonyl (C=O) groups is 4. The second-order valence-corrected chi connectivity index (χ2v) is 12.2. The lowest BCUT2D eigenvalue weighted by molar-refractivity contribution is -0.113. The first-order valence-corrected chi connectivity index (χ1v) is 16.4. The number of rotatable bonds is 12. The monoisotopic (exact) mass is 665 g/mol. The third-order valence-corrected chi connectivity index (χ3v) is 9.39. The molecule has 0 aliphatic heterocycles. The molecule has 1 aliphatic carbocycles. The summed E-state index contributed by atoms with van der Waals surface area (Å²) in [5.41, 5.74) is 0.230. The second-order valence-electron chi connectivity index (χ2n) is 9.88. The van der Waals surface area contributed by atoms with E-state index >= 15 is 0 Å². The fourth-order valence-corrected chi connectivity index (χ4v) is 7.11. The number of aromatic nitrogens is 3. The lowest BCUT2D eigenvalue weighted by Gasteiger charge is -2.25. The van der Waals surface area contributed by atoms with Gasteiger partial charge in [0.25, 0.3) is 5.91 Å². The van der Waals surface area contributed by atoms with Gasteiger partial charge in [-0.2, -0.15) is 0 Å². The Labute approximate surface area is 267 Å². The van der Waals surface area contributed by atoms with Crippen LogP contribution in [0.4, 0.5) is 9.39 Å². The van der Waals surface area contributed by atoms with E-state index in [1.165, 1.54) is 12.1 Å². The number of nitrogens with one attached hydrogen (secondary N) is 2. The molecule has 2 heterocycles. The third kappa shape index (κ3) is 7.77. The van der Waals surface area contributed by atoms with Crippen LogP contribution in [0.5, 0.6) is 0 Å². The number of thiophene rings is 1. The maximum atomic E-state index is 14.3. The van der Waals surface area contributed by atoms with Gasteiger partial charge in [-0.15, -0.1) is 21.5 Å². The van der Waals surface area contributed by atoms with Gasteiger partial charge in [-0.25, -0.2) is 14.0 Å². The number of ether oxygens (including phenoxy) is 2. The predicted molar refractivity (Wildman–Crippen MR) is 165 cm³/mol. The van der Waals surface area contributed by atoms with Crippen LogP contribution in [0.3, 0.4) is 0 Å². The summed E-state index contributed by atoms with van der Waals surface area (Å²) in [4.78, 5) is 51.2. The third-order valence-electron chi connectivity index (χ3n) is 6.94. The molecule has 0 radical (unpaired) electrons. The highest BCUT2D eigenvalue weighted by atomic mass is 35.5. The van der Waals surface area contributed by atoms with E-state index in [-0.39, 0.29) is 57.6 Å². The van der Waals surface area contributed by atoms with Crippen LogP contribution in [0.25, 0.3) is 0 Å². The normalized spacial score (nSPS) is 13.4. The van der Waals surface area contributed by atoms with Crippen molar-refractivity contribution in [1.29, 1.82) is 0 Å². The van der Waals surface area contributed by atoms with E-state index in [4.69, 9.17) is 21.1 Å². The zero-order valence-electron chi connectivity index (χ0n) is 24.5. The highest BCUT2D eigenvalue weighted by molar-refractivity contribution is 7.99. The molecule has 0 unspecified atom stereocenters. The second kappa shape index (κ2) is 15.5. The molecule has 4 rings (SSSR count). The number of benzene rings is 1. The number of hydrogen-bond donors (Lipinski definition) is 2. The number of nitrogens with zero attached hydrogens (tertiary/aromatic N) is 3. The lowest BCUT2D eigenvalue weighted by atomic mass is 9.95. The average molecular weight is 666 g/mol. The van der Waals surface area contributed by atoms with Crippen molar-refractivity contribution in [1.82, 2.24) is 20.1 Å². The summed E-state index contributed by atoms with van der Waals surface area (Å²) in [6, 6.07) is 4.09. The predicted octanol–water partition coefficient (Wildman–Crippen LogP) is 5.96. The number of amides is 2. The van der Waals surface area contributed by atoms with Gasteiger partial charge in [-0.3, -0.25) is 9.59 Å². The summed E-state index contributed by atoms with van der Waals surface area (Å²) in [5, 5.41) is 14.7. The summed E-state index contributed by atoms with van der Waals surface area (Å²) in [6.07, 6.45) is 4.90. The molecule has 1 fully saturated rings. The molecule has 11 nitrogen and oxygen atoms in total. The highest BCUT2D eigenvalue weighted by Gasteiger charge is 2.28. The topological polar surface area (TPSA) is 142 Å². The number of halogens is 2. The molecule has 2 amide bonds. The minimum absolute atomic E-state index is 0.0000656. The van der Waals surface area contributed by atoms with E-state index in [1.54, 1.807) is 20.8 Å². The quantitative estimate of drug-likeness (QED) is 0.177. The molecule has 1 saturated carbocycles. The minimum Gasteiger partial charge on any atom is -0.462 e. The number of thioether (sulfide) groups is 1. The van der Waals surface area contributed by atoms with Gasteiger partial charge < -0.3 is 24.7 Å². The fourth-order valence-electron chi connectivity index (χ4n) is 4.93. The van der Waals surface area contributed by atoms with Crippen molar-refractivity contribution in [3.8, 4) is 0 Å². The Morgan fingerprint density at radius 3 is 2.45 bits per heavy atom. The van der Waals surface area contributed by atoms with E-state index in [9.17, 15) is 23.6 Å². The van der Waals surface area contributed by atoms with Crippen molar-refractivity contribution in [2.24, 2.45) is 0 Å². The van der Waals surface area contributed by atoms with Crippen LogP contribution in [-0.4, -0.2) is 57.5 Å². The molecule has 0 bridgehead atoms. The maximum Gasteiger partial charge on any atom is 0.348 e. The lowest BCUT2D eigenvalue weighted by Crippen LogP contribution is -2.27. The molecule has 44 heavy (non-hydrogen) atoms. The molecule has 1 aliphatic rings. The number of carbonyl (C=O) groups excluding carboxylic acids is 4. The molecule has 2 aromatic heterocycles. The number of hydrogen-bond acceptors (Lipinski definition) is 10. The van der Waals surface area contributed by atoms with Gasteiger partial charge in [0.15, 0.2) is 11.0 Å². The Morgan fingerprint density at radius 1 is 1.07 bits per heavy atom. The first kappa shape index (κ1) is 33.4. The zero-order valence-corrected chi connectivity index (χ0v) is 26.9. The number of esters is 2. The minimum atomic E-state index is -0.729. The van der Waals surface area contributed by atoms with Crippen molar-refractivity contribution in [3.05, 3.63) is 56.4 Å². The van der Waals surface area contributed by atoms with Gasteiger partial charge in [0.1, 0.15) is 15.7 Å². The van der Waals surface area contributed by atoms with Crippen molar-refractivity contribution in [2.45, 2.75) is 70.6 Å². The summed E-state index contributed by atoms with van der Waals surface area (Å²) >= 11 is 8.16. The Kier molecular flexibility index (Phi) is 11.8. The Morgan fingerprint density at radius 2 is 1.77 bits per heavy atom. The van der Waals surface area contributed by atoms with Gasteiger partial charge >= 0.3 is 11.9 Å². The van der Waals surface area contributed by atoms with Crippen molar-refractivity contribution in [2.75, 3.05) is 24.3 Å². The molecule has 3 aromatic rings. The van der Waals surface area contributed by atoms with E-state index in [1.807, 2.05) is 4.57 Å². The standard InChI is InChI=1S/C29H33ClFN5O6S2/c1-4-41-27(39)22-16(3)24(28(40)42-5-2)44-26(22)33-21(37)15-43-29-35-34-20(36(29)17-10-7-6-8-11-17)14-32-25(38)23-18(30)12-9-13-19(23)31/h9,12-13,17H,4-8,10-11,14-15H2,1-3H3,(H,32,38)(H,33,37). The van der Waals surface area contributed by atoms with Gasteiger partial charge in [-0.05, 0) is 51.3 Å². The highest BCUT2D eigenvalue weighted by Crippen LogP contribution is 2.36. The smallest absolute Gasteiger partial charge is 0.348 e. The Balaban J connectivity index is 1.51. The van der Waals surface area contributed by atoms with Crippen LogP contribution in [-0.2, 0) is 20.8 Å². The van der Waals surface area contributed by atoms with Crippen molar-refractivity contribution in [3.63, 3.8) is 0 Å². The first-order chi connectivity index (χ1) is 21.2. The molecular weight excluding hydrogens is 633 g/mol. The molecular formula is C29H33ClFN5O6S2. The van der Waals surface area contributed by atoms with Gasteiger partial charge in [0.05, 0.1) is 41.7 Å². The molecule has 0 spiro atoms. The largest absolute Gasteiger partial charge is 0.462 e. The Bertz CT molecular complexity index is 1520. The molecule has 0 atom stereocenters. The Hall–Kier alpha value is -3.49. The van der Waals surface area contributed by atoms with Crippen LogP contribution in [0.15, 0.2) is 23.4 Å². The van der Waals surface area contributed by atoms with E-state index in [2.05, 4.69) is 20.8 Å². The van der Waals surface area contributed by atoms with Crippen molar-refractivity contribution < 1.29 is 33.0 Å². The van der Waals surface area contributed by atoms with Crippen LogP contribution in [0.1, 0.15) is 93.8 Å². The molecule has 1 aromatic carbocycles. The molecule has 2 N–H and O–H groups in total. The van der Waals surface area contributed by atoms with Crippen molar-refractivity contribution >= 4 is 63.5 Å². The van der Waals surface area contributed by atoms with E-state index in [0.717, 1.165) is 61.3 Å². The molecule has 0 saturated heterocycles. The van der Waals surface area contributed by atoms with Gasteiger partial charge in [0, 0.05) is 6.04 Å². The zero-order chi connectivity index (χ0) is 31.8. The summed E-state index contributed by atoms with van der Waals surface area (Å²) in [5.74, 6) is -2.68. The maximum absolute atomic E-state index is 14.3. The SMILES string of the molecule is CCOC(=O)c1sc(NC(=O)CSc2nnc(CNC(=O)c3c(F)cccc3Cl)n2C2CCCCC2)c(C(=O)OCC)c1C. The van der Waals surface area contributed by atoms with Crippen LogP contribution >= 0.6 is 34.7 Å². The van der Waals surface area contributed by atoms with Gasteiger partial charge in [-0.1, -0.05) is 48.7 Å². The molecule has 15 heteroatoms. The summed E-state index contributed by atoms with van der Waals surface area (Å²) in [6.45, 7) is 5.21. The van der Waals surface area contributed by atoms with E-state index in [0.29, 0.717) is 16.5 Å². The molecule has 236 valence electrons. The number of anilines is 1. The van der Waals surface area contributed by atoms with Crippen LogP contribution < -0.4 is 10.6 Å². The van der Waals surface area contributed by atoms with Crippen LogP contribution in [0.2, 0.25) is 5.02 Å². The summed E-state index contributed by atoms with van der Waals surface area (Å²) in [7, 11) is 0. The fraction of sp³-hybridized carbons (Fsp3) is 0.448.